The van der Waals surface area contributed by atoms with Gasteiger partial charge in [-0.1, -0.05) is 50.2 Å². The number of sulfonamides is 1. The first-order chi connectivity index (χ1) is 15.1. The molecule has 2 aliphatic carbocycles. The predicted octanol–water partition coefficient (Wildman–Crippen LogP) is 4.31. The van der Waals surface area contributed by atoms with Crippen molar-refractivity contribution < 1.29 is 23.1 Å². The van der Waals surface area contributed by atoms with Gasteiger partial charge in [0.15, 0.2) is 0 Å². The maximum Gasteiger partial charge on any atom is 0.335 e. The largest absolute Gasteiger partial charge is 0.478 e. The molecule has 0 aromatic heterocycles. The first-order valence-corrected chi connectivity index (χ1v) is 12.6. The second-order valence-corrected chi connectivity index (χ2v) is 11.4. The molecule has 2 aliphatic rings. The van der Waals surface area contributed by atoms with Crippen LogP contribution < -0.4 is 4.72 Å². The summed E-state index contributed by atoms with van der Waals surface area (Å²) in [6.07, 6.45) is 2.95. The summed E-state index contributed by atoms with van der Waals surface area (Å²) in [6, 6.07) is 14.0. The van der Waals surface area contributed by atoms with Crippen LogP contribution in [0.4, 0.5) is 5.69 Å². The summed E-state index contributed by atoms with van der Waals surface area (Å²) < 4.78 is 29.1. The second kappa shape index (κ2) is 8.03. The number of aryl methyl sites for hydroxylation is 2. The zero-order valence-electron chi connectivity index (χ0n) is 18.4. The van der Waals surface area contributed by atoms with Crippen LogP contribution >= 0.6 is 0 Å². The lowest BCUT2D eigenvalue weighted by Crippen LogP contribution is -2.43. The summed E-state index contributed by atoms with van der Waals surface area (Å²) in [5.74, 6) is -0.847. The first-order valence-electron chi connectivity index (χ1n) is 11.0. The highest BCUT2D eigenvalue weighted by atomic mass is 32.2. The van der Waals surface area contributed by atoms with E-state index in [0.29, 0.717) is 36.9 Å². The van der Waals surface area contributed by atoms with Crippen LogP contribution in [0.2, 0.25) is 0 Å². The third-order valence-electron chi connectivity index (χ3n) is 7.77. The van der Waals surface area contributed by atoms with E-state index in [9.17, 15) is 23.1 Å². The van der Waals surface area contributed by atoms with Gasteiger partial charge in [0.25, 0.3) is 0 Å². The molecule has 2 atom stereocenters. The molecule has 2 aromatic carbocycles. The number of fused-ring (bicyclic) bond motifs is 2. The molecule has 2 saturated carbocycles. The van der Waals surface area contributed by atoms with Crippen LogP contribution in [0.5, 0.6) is 0 Å². The first kappa shape index (κ1) is 22.5. The number of carboxylic acid groups (broad SMARTS) is 1. The van der Waals surface area contributed by atoms with E-state index < -0.39 is 21.4 Å². The molecule has 170 valence electrons. The van der Waals surface area contributed by atoms with Crippen molar-refractivity contribution in [2.24, 2.45) is 16.7 Å². The molecule has 2 fully saturated rings. The van der Waals surface area contributed by atoms with Gasteiger partial charge in [-0.2, -0.15) is 0 Å². The molecule has 0 amide bonds. The van der Waals surface area contributed by atoms with Crippen LogP contribution in [0.25, 0.3) is 0 Å². The summed E-state index contributed by atoms with van der Waals surface area (Å²) in [6.45, 7) is 4.05. The Kier molecular flexibility index (Phi) is 5.65. The number of benzene rings is 2. The molecular weight excluding hydrogens is 426 g/mol. The zero-order valence-corrected chi connectivity index (χ0v) is 19.2. The normalized spacial score (nSPS) is 23.9. The van der Waals surface area contributed by atoms with Gasteiger partial charge in [0.1, 0.15) is 5.78 Å². The summed E-state index contributed by atoms with van der Waals surface area (Å²) in [5, 5.41) is 9.40. The van der Waals surface area contributed by atoms with Crippen LogP contribution in [0.1, 0.15) is 54.6 Å². The second-order valence-electron chi connectivity index (χ2n) is 9.65. The number of nitrogens with one attached hydrogen (secondary N) is 1. The van der Waals surface area contributed by atoms with Gasteiger partial charge in [-0.15, -0.1) is 0 Å². The van der Waals surface area contributed by atoms with Crippen molar-refractivity contribution in [3.05, 3.63) is 65.2 Å². The van der Waals surface area contributed by atoms with Gasteiger partial charge >= 0.3 is 5.97 Å². The number of para-hydroxylation sites is 1. The molecule has 6 nitrogen and oxygen atoms in total. The van der Waals surface area contributed by atoms with E-state index in [1.807, 2.05) is 26.0 Å². The molecule has 0 aliphatic heterocycles. The molecule has 2 bridgehead atoms. The Morgan fingerprint density at radius 1 is 1.06 bits per heavy atom. The Morgan fingerprint density at radius 3 is 2.31 bits per heavy atom. The van der Waals surface area contributed by atoms with Gasteiger partial charge in [-0.05, 0) is 60.3 Å². The molecular formula is C25H29NO5S. The number of carbonyl (C=O) groups is 2. The monoisotopic (exact) mass is 455 g/mol. The van der Waals surface area contributed by atoms with Crippen LogP contribution in [0.15, 0.2) is 48.5 Å². The average molecular weight is 456 g/mol. The number of carboxylic acids is 1. The number of rotatable bonds is 8. The molecule has 32 heavy (non-hydrogen) atoms. The van der Waals surface area contributed by atoms with Gasteiger partial charge in [0, 0.05) is 6.42 Å². The Bertz CT molecular complexity index is 1170. The fourth-order valence-electron chi connectivity index (χ4n) is 5.69. The van der Waals surface area contributed by atoms with E-state index in [1.165, 1.54) is 0 Å². The van der Waals surface area contributed by atoms with Crippen LogP contribution in [-0.4, -0.2) is 31.0 Å². The quantitative estimate of drug-likeness (QED) is 0.618. The minimum absolute atomic E-state index is 0.0719. The summed E-state index contributed by atoms with van der Waals surface area (Å²) >= 11 is 0. The number of aromatic carboxylic acids is 1. The Hall–Kier alpha value is -2.67. The van der Waals surface area contributed by atoms with Gasteiger partial charge in [-0.3, -0.25) is 9.52 Å². The van der Waals surface area contributed by atoms with E-state index in [1.54, 1.807) is 36.4 Å². The van der Waals surface area contributed by atoms with Crippen molar-refractivity contribution in [1.29, 1.82) is 0 Å². The standard InChI is InChI=1S/C25H29NO5S/c1-24(2)19-13-14-25(24,22(27)15-19)16-32(30,31)26-21-10-6-4-8-18(21)12-11-17-7-3-5-9-20(17)23(28)29/h3-10,19,26H,11-16H2,1-2H3,(H,28,29). The Labute approximate surface area is 189 Å². The summed E-state index contributed by atoms with van der Waals surface area (Å²) in [5.41, 5.74) is 1.08. The number of hydrogen-bond acceptors (Lipinski definition) is 4. The number of Topliss-reactive ketones (excluding diaryl/α,β-unsaturated/α-hetero) is 1. The fraction of sp³-hybridized carbons (Fsp3) is 0.440. The van der Waals surface area contributed by atoms with E-state index in [0.717, 1.165) is 12.0 Å². The van der Waals surface area contributed by atoms with Gasteiger partial charge in [-0.25, -0.2) is 13.2 Å². The third kappa shape index (κ3) is 3.83. The molecule has 0 saturated heterocycles. The van der Waals surface area contributed by atoms with Crippen molar-refractivity contribution in [2.45, 2.75) is 46.0 Å². The maximum absolute atomic E-state index is 13.2. The SMILES string of the molecule is CC1(C)C2CCC1(CS(=O)(=O)Nc1ccccc1CCc1ccccc1C(=O)O)C(=O)C2. The fourth-order valence-corrected chi connectivity index (χ4v) is 7.62. The highest BCUT2D eigenvalue weighted by molar-refractivity contribution is 7.92. The predicted molar refractivity (Wildman–Crippen MR) is 123 cm³/mol. The minimum atomic E-state index is -3.76. The van der Waals surface area contributed by atoms with E-state index in [2.05, 4.69) is 4.72 Å². The number of hydrogen-bond donors (Lipinski definition) is 2. The molecule has 4 rings (SSSR count). The van der Waals surface area contributed by atoms with Crippen LogP contribution in [0, 0.1) is 16.7 Å². The van der Waals surface area contributed by atoms with Crippen molar-refractivity contribution in [1.82, 2.24) is 0 Å². The smallest absolute Gasteiger partial charge is 0.335 e. The van der Waals surface area contributed by atoms with Crippen molar-refractivity contribution in [3.63, 3.8) is 0 Å². The highest BCUT2D eigenvalue weighted by Gasteiger charge is 2.65. The number of anilines is 1. The van der Waals surface area contributed by atoms with Gasteiger partial charge < -0.3 is 5.11 Å². The molecule has 2 aromatic rings. The number of carbonyl (C=O) groups excluding carboxylic acids is 1. The van der Waals surface area contributed by atoms with Crippen LogP contribution in [0.3, 0.4) is 0 Å². The molecule has 2 N–H and O–H groups in total. The zero-order chi connectivity index (χ0) is 23.1. The minimum Gasteiger partial charge on any atom is -0.478 e. The third-order valence-corrected chi connectivity index (χ3v) is 9.17. The van der Waals surface area contributed by atoms with E-state index >= 15 is 0 Å². The lowest BCUT2D eigenvalue weighted by Gasteiger charge is -2.36. The molecule has 7 heteroatoms. The molecule has 0 spiro atoms. The topological polar surface area (TPSA) is 101 Å². The Balaban J connectivity index is 1.53. The van der Waals surface area contributed by atoms with Crippen molar-refractivity contribution in [3.8, 4) is 0 Å². The summed E-state index contributed by atoms with van der Waals surface area (Å²) in [7, 11) is -3.76. The average Bonchev–Trinajstić information content (AvgIpc) is 3.07. The summed E-state index contributed by atoms with van der Waals surface area (Å²) in [4.78, 5) is 24.3. The number of ketones is 1. The lowest BCUT2D eigenvalue weighted by molar-refractivity contribution is -0.128. The van der Waals surface area contributed by atoms with E-state index in [4.69, 9.17) is 0 Å². The van der Waals surface area contributed by atoms with Crippen molar-refractivity contribution >= 4 is 27.5 Å². The van der Waals surface area contributed by atoms with Crippen LogP contribution in [-0.2, 0) is 27.7 Å². The highest BCUT2D eigenvalue weighted by Crippen LogP contribution is 2.64. The molecule has 2 unspecified atom stereocenters. The maximum atomic E-state index is 13.2. The van der Waals surface area contributed by atoms with Gasteiger partial charge in [0.05, 0.1) is 22.4 Å². The Morgan fingerprint density at radius 2 is 1.69 bits per heavy atom. The van der Waals surface area contributed by atoms with Crippen molar-refractivity contribution in [2.75, 3.05) is 10.5 Å². The van der Waals surface area contributed by atoms with Gasteiger partial charge in [0.2, 0.25) is 10.0 Å². The lowest BCUT2D eigenvalue weighted by atomic mass is 9.70. The molecule has 0 heterocycles. The van der Waals surface area contributed by atoms with E-state index in [-0.39, 0.29) is 28.4 Å². The molecule has 0 radical (unpaired) electrons.